The van der Waals surface area contributed by atoms with Crippen LogP contribution < -0.4 is 5.32 Å². The van der Waals surface area contributed by atoms with Gasteiger partial charge in [0.1, 0.15) is 0 Å². The molecule has 0 unspecified atom stereocenters. The Labute approximate surface area is 71.0 Å². The molecule has 2 nitrogen and oxygen atoms in total. The third-order valence-electron chi connectivity index (χ3n) is 1.42. The molecule has 0 heterocycles. The van der Waals surface area contributed by atoms with Crippen LogP contribution in [-0.4, -0.2) is 6.41 Å². The van der Waals surface area contributed by atoms with Crippen molar-refractivity contribution in [1.82, 2.24) is 0 Å². The van der Waals surface area contributed by atoms with Gasteiger partial charge in [-0.3, -0.25) is 4.79 Å². The second kappa shape index (κ2) is 3.44. The van der Waals surface area contributed by atoms with E-state index in [1.165, 1.54) is 0 Å². The molecule has 0 saturated carbocycles. The summed E-state index contributed by atoms with van der Waals surface area (Å²) in [6.07, 6.45) is 0.660. The van der Waals surface area contributed by atoms with E-state index in [0.717, 1.165) is 16.1 Å². The minimum atomic E-state index is 0.660. The van der Waals surface area contributed by atoms with Gasteiger partial charge in [0.05, 0.1) is 0 Å². The first-order valence-electron chi connectivity index (χ1n) is 3.24. The van der Waals surface area contributed by atoms with Gasteiger partial charge in [0.15, 0.2) is 0 Å². The number of anilines is 1. The lowest BCUT2D eigenvalue weighted by molar-refractivity contribution is -0.105. The van der Waals surface area contributed by atoms with Crippen LogP contribution in [0.5, 0.6) is 0 Å². The minimum absolute atomic E-state index is 0.660. The summed E-state index contributed by atoms with van der Waals surface area (Å²) < 4.78 is 0. The van der Waals surface area contributed by atoms with Crippen molar-refractivity contribution in [3.05, 3.63) is 23.8 Å². The summed E-state index contributed by atoms with van der Waals surface area (Å²) in [5.41, 5.74) is 1.86. The number of benzene rings is 1. The molecule has 0 aliphatic rings. The van der Waals surface area contributed by atoms with E-state index in [2.05, 4.69) is 17.9 Å². The third-order valence-corrected chi connectivity index (χ3v) is 1.92. The average molecular weight is 167 g/mol. The Balaban J connectivity index is 2.95. The Morgan fingerprint density at radius 2 is 2.27 bits per heavy atom. The first-order chi connectivity index (χ1) is 5.24. The summed E-state index contributed by atoms with van der Waals surface area (Å²) >= 11 is 4.20. The van der Waals surface area contributed by atoms with Gasteiger partial charge in [-0.15, -0.1) is 12.6 Å². The first kappa shape index (κ1) is 8.14. The number of thiol groups is 1. The molecule has 1 aromatic rings. The fraction of sp³-hybridized carbons (Fsp3) is 0.125. The quantitative estimate of drug-likeness (QED) is 0.511. The summed E-state index contributed by atoms with van der Waals surface area (Å²) in [5, 5.41) is 2.56. The van der Waals surface area contributed by atoms with Gasteiger partial charge in [0.25, 0.3) is 0 Å². The lowest BCUT2D eigenvalue weighted by atomic mass is 10.2. The SMILES string of the molecule is Cc1cc(NC=O)ccc1S. The van der Waals surface area contributed by atoms with Crippen LogP contribution in [0.2, 0.25) is 0 Å². The molecule has 0 aromatic heterocycles. The molecule has 58 valence electrons. The molecule has 1 rings (SSSR count). The number of rotatable bonds is 2. The number of carbonyl (C=O) groups is 1. The van der Waals surface area contributed by atoms with Crippen LogP contribution in [0.25, 0.3) is 0 Å². The van der Waals surface area contributed by atoms with Crippen molar-refractivity contribution >= 4 is 24.7 Å². The topological polar surface area (TPSA) is 29.1 Å². The minimum Gasteiger partial charge on any atom is -0.329 e. The Morgan fingerprint density at radius 1 is 1.55 bits per heavy atom. The number of hydrogen-bond acceptors (Lipinski definition) is 2. The van der Waals surface area contributed by atoms with Crippen LogP contribution >= 0.6 is 12.6 Å². The van der Waals surface area contributed by atoms with Crippen molar-refractivity contribution in [2.45, 2.75) is 11.8 Å². The molecule has 0 bridgehead atoms. The van der Waals surface area contributed by atoms with Crippen molar-refractivity contribution in [2.24, 2.45) is 0 Å². The maximum Gasteiger partial charge on any atom is 0.211 e. The number of nitrogens with one attached hydrogen (secondary N) is 1. The molecule has 0 aliphatic heterocycles. The van der Waals surface area contributed by atoms with E-state index in [0.29, 0.717) is 6.41 Å². The summed E-state index contributed by atoms with van der Waals surface area (Å²) in [6, 6.07) is 5.53. The van der Waals surface area contributed by atoms with Gasteiger partial charge in [-0.1, -0.05) is 0 Å². The highest BCUT2D eigenvalue weighted by atomic mass is 32.1. The normalized spacial score (nSPS) is 9.27. The Hall–Kier alpha value is -0.960. The van der Waals surface area contributed by atoms with Crippen molar-refractivity contribution in [2.75, 3.05) is 5.32 Å². The van der Waals surface area contributed by atoms with E-state index < -0.39 is 0 Å². The van der Waals surface area contributed by atoms with Gasteiger partial charge in [-0.25, -0.2) is 0 Å². The van der Waals surface area contributed by atoms with E-state index in [4.69, 9.17) is 0 Å². The number of amides is 1. The standard InChI is InChI=1S/C8H9NOS/c1-6-4-7(9-5-10)2-3-8(6)11/h2-5,11H,1H3,(H,9,10). The summed E-state index contributed by atoms with van der Waals surface area (Å²) in [7, 11) is 0. The van der Waals surface area contributed by atoms with Crippen molar-refractivity contribution < 1.29 is 4.79 Å². The second-order valence-corrected chi connectivity index (χ2v) is 2.75. The predicted molar refractivity (Wildman–Crippen MR) is 48.1 cm³/mol. The van der Waals surface area contributed by atoms with Crippen molar-refractivity contribution in [3.8, 4) is 0 Å². The smallest absolute Gasteiger partial charge is 0.211 e. The number of aryl methyl sites for hydroxylation is 1. The molecule has 11 heavy (non-hydrogen) atoms. The molecule has 1 N–H and O–H groups in total. The van der Waals surface area contributed by atoms with Gasteiger partial charge in [-0.05, 0) is 30.7 Å². The molecular formula is C8H9NOS. The number of hydrogen-bond donors (Lipinski definition) is 2. The second-order valence-electron chi connectivity index (χ2n) is 2.26. The van der Waals surface area contributed by atoms with Gasteiger partial charge in [-0.2, -0.15) is 0 Å². The fourth-order valence-electron chi connectivity index (χ4n) is 0.813. The largest absolute Gasteiger partial charge is 0.329 e. The maximum atomic E-state index is 10.0. The molecule has 1 amide bonds. The zero-order valence-electron chi connectivity index (χ0n) is 6.16. The van der Waals surface area contributed by atoms with Gasteiger partial charge in [0, 0.05) is 10.6 Å². The fourth-order valence-corrected chi connectivity index (χ4v) is 0.952. The maximum absolute atomic E-state index is 10.0. The van der Waals surface area contributed by atoms with E-state index in [9.17, 15) is 4.79 Å². The highest BCUT2D eigenvalue weighted by Crippen LogP contribution is 2.16. The highest BCUT2D eigenvalue weighted by Gasteiger charge is 1.93. The third kappa shape index (κ3) is 1.98. The monoisotopic (exact) mass is 167 g/mol. The van der Waals surface area contributed by atoms with E-state index >= 15 is 0 Å². The van der Waals surface area contributed by atoms with Crippen molar-refractivity contribution in [1.29, 1.82) is 0 Å². The average Bonchev–Trinajstić information content (AvgIpc) is 1.98. The lowest BCUT2D eigenvalue weighted by Gasteiger charge is -2.01. The molecule has 0 aliphatic carbocycles. The summed E-state index contributed by atoms with van der Waals surface area (Å²) in [4.78, 5) is 11.0. The zero-order chi connectivity index (χ0) is 8.27. The molecule has 1 aromatic carbocycles. The molecule has 0 saturated heterocycles. The van der Waals surface area contributed by atoms with Crippen LogP contribution in [0, 0.1) is 6.92 Å². The number of carbonyl (C=O) groups excluding carboxylic acids is 1. The van der Waals surface area contributed by atoms with Gasteiger partial charge in [0.2, 0.25) is 6.41 Å². The van der Waals surface area contributed by atoms with Crippen LogP contribution in [0.1, 0.15) is 5.56 Å². The van der Waals surface area contributed by atoms with E-state index in [1.54, 1.807) is 0 Å². The molecule has 0 atom stereocenters. The van der Waals surface area contributed by atoms with Crippen molar-refractivity contribution in [3.63, 3.8) is 0 Å². The van der Waals surface area contributed by atoms with E-state index in [1.807, 2.05) is 25.1 Å². The van der Waals surface area contributed by atoms with Gasteiger partial charge < -0.3 is 5.32 Å². The van der Waals surface area contributed by atoms with Crippen LogP contribution in [0.3, 0.4) is 0 Å². The molecular weight excluding hydrogens is 158 g/mol. The Bertz CT molecular complexity index is 273. The Morgan fingerprint density at radius 3 is 2.82 bits per heavy atom. The highest BCUT2D eigenvalue weighted by molar-refractivity contribution is 7.80. The molecule has 0 spiro atoms. The molecule has 0 radical (unpaired) electrons. The van der Waals surface area contributed by atoms with E-state index in [-0.39, 0.29) is 0 Å². The lowest BCUT2D eigenvalue weighted by Crippen LogP contribution is -1.93. The first-order valence-corrected chi connectivity index (χ1v) is 3.68. The van der Waals surface area contributed by atoms with Crippen LogP contribution in [-0.2, 0) is 4.79 Å². The predicted octanol–water partition coefficient (Wildman–Crippen LogP) is 1.85. The Kier molecular flexibility index (Phi) is 2.54. The van der Waals surface area contributed by atoms with Gasteiger partial charge >= 0.3 is 0 Å². The molecule has 3 heteroatoms. The molecule has 0 fully saturated rings. The van der Waals surface area contributed by atoms with Crippen LogP contribution in [0.15, 0.2) is 23.1 Å². The zero-order valence-corrected chi connectivity index (χ0v) is 7.06. The van der Waals surface area contributed by atoms with Crippen LogP contribution in [0.4, 0.5) is 5.69 Å². The summed E-state index contributed by atoms with van der Waals surface area (Å²) in [5.74, 6) is 0. The summed E-state index contributed by atoms with van der Waals surface area (Å²) in [6.45, 7) is 1.94.